The number of halogens is 1. The lowest BCUT2D eigenvalue weighted by atomic mass is 10.1. The number of hydrogen-bond donors (Lipinski definition) is 1. The highest BCUT2D eigenvalue weighted by atomic mass is 79.9. The van der Waals surface area contributed by atoms with Crippen molar-refractivity contribution in [2.45, 2.75) is 46.2 Å². The van der Waals surface area contributed by atoms with E-state index in [-0.39, 0.29) is 6.04 Å². The minimum Gasteiger partial charge on any atom is -0.327 e. The van der Waals surface area contributed by atoms with Gasteiger partial charge in [0.05, 0.1) is 15.9 Å². The Morgan fingerprint density at radius 1 is 1.62 bits per heavy atom. The molecular weight excluding hydrogens is 266 g/mol. The van der Waals surface area contributed by atoms with Gasteiger partial charge in [0.15, 0.2) is 0 Å². The maximum absolute atomic E-state index is 6.24. The van der Waals surface area contributed by atoms with Crippen molar-refractivity contribution in [3.05, 3.63) is 15.9 Å². The summed E-state index contributed by atoms with van der Waals surface area (Å²) in [4.78, 5) is 0. The topological polar surface area (TPSA) is 43.8 Å². The molecule has 1 aromatic heterocycles. The van der Waals surface area contributed by atoms with Gasteiger partial charge in [-0.15, -0.1) is 0 Å². The lowest BCUT2D eigenvalue weighted by molar-refractivity contribution is 0.523. The maximum atomic E-state index is 6.24. The van der Waals surface area contributed by atoms with E-state index < -0.39 is 0 Å². The van der Waals surface area contributed by atoms with Crippen LogP contribution in [-0.4, -0.2) is 15.8 Å². The number of nitrogens with two attached hydrogens (primary N) is 1. The fourth-order valence-electron chi connectivity index (χ4n) is 2.39. The first-order chi connectivity index (χ1) is 7.54. The van der Waals surface area contributed by atoms with Crippen LogP contribution >= 0.6 is 15.9 Å². The quantitative estimate of drug-likeness (QED) is 0.924. The molecular formula is C12H20BrN3. The van der Waals surface area contributed by atoms with Crippen molar-refractivity contribution < 1.29 is 0 Å². The average Bonchev–Trinajstić information content (AvgIpc) is 2.92. The SMILES string of the molecule is CCn1nc(C)c(Br)c1CC(N)C1CC1C. The van der Waals surface area contributed by atoms with E-state index in [1.165, 1.54) is 12.1 Å². The summed E-state index contributed by atoms with van der Waals surface area (Å²) in [7, 11) is 0. The van der Waals surface area contributed by atoms with Crippen molar-refractivity contribution in [3.8, 4) is 0 Å². The molecule has 1 aromatic rings. The van der Waals surface area contributed by atoms with Gasteiger partial charge in [-0.3, -0.25) is 4.68 Å². The minimum absolute atomic E-state index is 0.285. The fourth-order valence-corrected chi connectivity index (χ4v) is 2.83. The molecule has 0 radical (unpaired) electrons. The van der Waals surface area contributed by atoms with Gasteiger partial charge in [-0.2, -0.15) is 5.10 Å². The standard InChI is InChI=1S/C12H20BrN3/c1-4-16-11(12(13)8(3)15-16)6-10(14)9-5-7(9)2/h7,9-10H,4-6,14H2,1-3H3. The van der Waals surface area contributed by atoms with Gasteiger partial charge >= 0.3 is 0 Å². The van der Waals surface area contributed by atoms with E-state index in [2.05, 4.69) is 39.6 Å². The molecule has 3 atom stereocenters. The molecule has 1 saturated carbocycles. The Kier molecular flexibility index (Phi) is 3.40. The lowest BCUT2D eigenvalue weighted by Crippen LogP contribution is -2.27. The second-order valence-corrected chi connectivity index (χ2v) is 5.70. The molecule has 0 aromatic carbocycles. The Morgan fingerprint density at radius 3 is 2.75 bits per heavy atom. The third kappa shape index (κ3) is 2.18. The average molecular weight is 286 g/mol. The molecule has 2 N–H and O–H groups in total. The molecule has 0 bridgehead atoms. The second-order valence-electron chi connectivity index (χ2n) is 4.91. The molecule has 0 spiro atoms. The Balaban J connectivity index is 2.13. The van der Waals surface area contributed by atoms with Gasteiger partial charge in [0.25, 0.3) is 0 Å². The predicted molar refractivity (Wildman–Crippen MR) is 69.3 cm³/mol. The Labute approximate surface area is 106 Å². The summed E-state index contributed by atoms with van der Waals surface area (Å²) in [5.41, 5.74) is 8.56. The predicted octanol–water partition coefficient (Wildman–Crippen LogP) is 2.50. The largest absolute Gasteiger partial charge is 0.327 e. The van der Waals surface area contributed by atoms with Gasteiger partial charge in [0.1, 0.15) is 0 Å². The zero-order chi connectivity index (χ0) is 11.9. The number of nitrogens with zero attached hydrogens (tertiary/aromatic N) is 2. The van der Waals surface area contributed by atoms with Crippen LogP contribution in [0.25, 0.3) is 0 Å². The highest BCUT2D eigenvalue weighted by Gasteiger charge is 2.38. The zero-order valence-electron chi connectivity index (χ0n) is 10.2. The smallest absolute Gasteiger partial charge is 0.0738 e. The third-order valence-corrected chi connectivity index (χ3v) is 4.64. The summed E-state index contributed by atoms with van der Waals surface area (Å²) in [5.74, 6) is 1.53. The first-order valence-corrected chi connectivity index (χ1v) is 6.81. The molecule has 90 valence electrons. The maximum Gasteiger partial charge on any atom is 0.0738 e. The van der Waals surface area contributed by atoms with Crippen LogP contribution in [0.1, 0.15) is 31.7 Å². The minimum atomic E-state index is 0.285. The van der Waals surface area contributed by atoms with E-state index >= 15 is 0 Å². The van der Waals surface area contributed by atoms with Crippen LogP contribution < -0.4 is 5.73 Å². The van der Waals surface area contributed by atoms with E-state index in [4.69, 9.17) is 5.73 Å². The first kappa shape index (κ1) is 12.1. The molecule has 1 aliphatic rings. The summed E-state index contributed by atoms with van der Waals surface area (Å²) in [5, 5.41) is 4.49. The second kappa shape index (κ2) is 4.49. The normalized spacial score (nSPS) is 25.8. The molecule has 0 saturated heterocycles. The summed E-state index contributed by atoms with van der Waals surface area (Å²) in [6, 6.07) is 0.285. The summed E-state index contributed by atoms with van der Waals surface area (Å²) in [6.45, 7) is 7.34. The molecule has 1 fully saturated rings. The summed E-state index contributed by atoms with van der Waals surface area (Å²) in [6.07, 6.45) is 2.22. The van der Waals surface area contributed by atoms with Gasteiger partial charge in [0, 0.05) is 19.0 Å². The molecule has 1 heterocycles. The van der Waals surface area contributed by atoms with E-state index in [9.17, 15) is 0 Å². The number of aryl methyl sites for hydroxylation is 2. The third-order valence-electron chi connectivity index (χ3n) is 3.60. The van der Waals surface area contributed by atoms with Crippen molar-refractivity contribution in [1.29, 1.82) is 0 Å². The highest BCUT2D eigenvalue weighted by Crippen LogP contribution is 2.41. The Morgan fingerprint density at radius 2 is 2.25 bits per heavy atom. The first-order valence-electron chi connectivity index (χ1n) is 6.02. The Bertz CT molecular complexity index is 386. The van der Waals surface area contributed by atoms with E-state index in [1.54, 1.807) is 0 Å². The van der Waals surface area contributed by atoms with Crippen LogP contribution in [0.5, 0.6) is 0 Å². The van der Waals surface area contributed by atoms with E-state index in [0.29, 0.717) is 5.92 Å². The molecule has 4 heteroatoms. The molecule has 0 amide bonds. The number of rotatable bonds is 4. The number of hydrogen-bond acceptors (Lipinski definition) is 2. The van der Waals surface area contributed by atoms with Gasteiger partial charge in [0.2, 0.25) is 0 Å². The van der Waals surface area contributed by atoms with Crippen LogP contribution in [0, 0.1) is 18.8 Å². The van der Waals surface area contributed by atoms with Crippen LogP contribution in [0.3, 0.4) is 0 Å². The van der Waals surface area contributed by atoms with Gasteiger partial charge < -0.3 is 5.73 Å². The van der Waals surface area contributed by atoms with Gasteiger partial charge in [-0.25, -0.2) is 0 Å². The molecule has 0 aliphatic heterocycles. The molecule has 1 aliphatic carbocycles. The zero-order valence-corrected chi connectivity index (χ0v) is 11.8. The van der Waals surface area contributed by atoms with Gasteiger partial charge in [-0.05, 0) is 48.0 Å². The van der Waals surface area contributed by atoms with Crippen LogP contribution in [-0.2, 0) is 13.0 Å². The molecule has 16 heavy (non-hydrogen) atoms. The van der Waals surface area contributed by atoms with Gasteiger partial charge in [-0.1, -0.05) is 6.92 Å². The molecule has 3 unspecified atom stereocenters. The summed E-state index contributed by atoms with van der Waals surface area (Å²) < 4.78 is 3.20. The highest BCUT2D eigenvalue weighted by molar-refractivity contribution is 9.10. The Hall–Kier alpha value is -0.350. The summed E-state index contributed by atoms with van der Waals surface area (Å²) >= 11 is 3.62. The van der Waals surface area contributed by atoms with Crippen molar-refractivity contribution in [2.75, 3.05) is 0 Å². The van der Waals surface area contributed by atoms with Crippen LogP contribution in [0.4, 0.5) is 0 Å². The molecule has 2 rings (SSSR count). The molecule has 3 nitrogen and oxygen atoms in total. The van der Waals surface area contributed by atoms with E-state index in [0.717, 1.165) is 29.1 Å². The van der Waals surface area contributed by atoms with Crippen molar-refractivity contribution in [3.63, 3.8) is 0 Å². The lowest BCUT2D eigenvalue weighted by Gasteiger charge is -2.12. The van der Waals surface area contributed by atoms with Crippen molar-refractivity contribution in [2.24, 2.45) is 17.6 Å². The van der Waals surface area contributed by atoms with Crippen LogP contribution in [0.2, 0.25) is 0 Å². The van der Waals surface area contributed by atoms with Crippen LogP contribution in [0.15, 0.2) is 4.47 Å². The fraction of sp³-hybridized carbons (Fsp3) is 0.750. The van der Waals surface area contributed by atoms with Crippen molar-refractivity contribution >= 4 is 15.9 Å². The van der Waals surface area contributed by atoms with E-state index in [1.807, 2.05) is 6.92 Å². The number of aromatic nitrogens is 2. The monoisotopic (exact) mass is 285 g/mol. The van der Waals surface area contributed by atoms with Crippen molar-refractivity contribution in [1.82, 2.24) is 9.78 Å².